The van der Waals surface area contributed by atoms with E-state index in [1.807, 2.05) is 0 Å². The maximum atomic E-state index is 12.3. The summed E-state index contributed by atoms with van der Waals surface area (Å²) < 4.78 is 0. The Bertz CT molecular complexity index is 515. The Hall–Kier alpha value is -2.24. The van der Waals surface area contributed by atoms with Gasteiger partial charge in [0.15, 0.2) is 0 Å². The molecule has 102 valence electrons. The fourth-order valence-electron chi connectivity index (χ4n) is 2.30. The van der Waals surface area contributed by atoms with Gasteiger partial charge >= 0.3 is 0 Å². The van der Waals surface area contributed by atoms with E-state index in [1.165, 1.54) is 6.92 Å². The number of carbonyl (C=O) groups excluding carboxylic acids is 2. The Morgan fingerprint density at radius 3 is 2.74 bits per heavy atom. The first kappa shape index (κ1) is 13.2. The first-order valence-corrected chi connectivity index (χ1v) is 6.18. The molecule has 0 aromatic heterocycles. The second-order valence-corrected chi connectivity index (χ2v) is 4.78. The fourth-order valence-corrected chi connectivity index (χ4v) is 2.30. The molecular weight excluding hydrogens is 244 g/mol. The van der Waals surface area contributed by atoms with Crippen molar-refractivity contribution in [2.75, 3.05) is 24.6 Å². The highest BCUT2D eigenvalue weighted by molar-refractivity contribution is 5.99. The van der Waals surface area contributed by atoms with Crippen molar-refractivity contribution in [2.24, 2.45) is 0 Å². The number of hydrogen-bond donors (Lipinski definition) is 3. The molecule has 1 unspecified atom stereocenters. The Morgan fingerprint density at radius 1 is 1.37 bits per heavy atom. The largest absolute Gasteiger partial charge is 0.399 e. The lowest BCUT2D eigenvalue weighted by molar-refractivity contribution is -0.119. The van der Waals surface area contributed by atoms with Crippen LogP contribution in [-0.2, 0) is 4.79 Å². The lowest BCUT2D eigenvalue weighted by Gasteiger charge is -2.18. The van der Waals surface area contributed by atoms with Crippen LogP contribution in [0.3, 0.4) is 0 Å². The molecule has 1 aromatic rings. The third-order valence-electron chi connectivity index (χ3n) is 3.19. The molecule has 0 spiro atoms. The average Bonchev–Trinajstić information content (AvgIpc) is 2.75. The summed E-state index contributed by atoms with van der Waals surface area (Å²) >= 11 is 0. The number of nitrogens with one attached hydrogen (secondary N) is 1. The van der Waals surface area contributed by atoms with E-state index in [9.17, 15) is 9.59 Å². The van der Waals surface area contributed by atoms with Crippen molar-refractivity contribution in [1.29, 1.82) is 0 Å². The van der Waals surface area contributed by atoms with Crippen LogP contribution < -0.4 is 16.8 Å². The fraction of sp³-hybridized carbons (Fsp3) is 0.385. The third-order valence-corrected chi connectivity index (χ3v) is 3.19. The minimum absolute atomic E-state index is 0.0245. The molecule has 1 aromatic carbocycles. The summed E-state index contributed by atoms with van der Waals surface area (Å²) in [5.74, 6) is -0.198. The number of carbonyl (C=O) groups is 2. The molecule has 2 rings (SSSR count). The molecule has 0 radical (unpaired) electrons. The van der Waals surface area contributed by atoms with Gasteiger partial charge < -0.3 is 21.7 Å². The van der Waals surface area contributed by atoms with Gasteiger partial charge in [0.1, 0.15) is 0 Å². The Balaban J connectivity index is 2.07. The number of anilines is 2. The molecule has 0 bridgehead atoms. The quantitative estimate of drug-likeness (QED) is 0.663. The molecular formula is C13H18N4O2. The van der Waals surface area contributed by atoms with Crippen molar-refractivity contribution in [3.05, 3.63) is 23.8 Å². The summed E-state index contributed by atoms with van der Waals surface area (Å²) in [7, 11) is 0. The molecule has 6 nitrogen and oxygen atoms in total. The maximum absolute atomic E-state index is 12.3. The number of rotatable bonds is 2. The summed E-state index contributed by atoms with van der Waals surface area (Å²) in [6, 6.07) is 4.90. The van der Waals surface area contributed by atoms with E-state index in [0.717, 1.165) is 6.42 Å². The van der Waals surface area contributed by atoms with Crippen molar-refractivity contribution in [3.63, 3.8) is 0 Å². The minimum Gasteiger partial charge on any atom is -0.399 e. The van der Waals surface area contributed by atoms with E-state index in [2.05, 4.69) is 5.32 Å². The van der Waals surface area contributed by atoms with Crippen LogP contribution in [0.2, 0.25) is 0 Å². The van der Waals surface area contributed by atoms with Crippen molar-refractivity contribution < 1.29 is 9.59 Å². The van der Waals surface area contributed by atoms with E-state index in [-0.39, 0.29) is 17.9 Å². The predicted octanol–water partition coefficient (Wildman–Crippen LogP) is 0.202. The normalized spacial score (nSPS) is 18.4. The molecule has 19 heavy (non-hydrogen) atoms. The van der Waals surface area contributed by atoms with E-state index in [0.29, 0.717) is 30.0 Å². The van der Waals surface area contributed by atoms with Gasteiger partial charge in [-0.2, -0.15) is 0 Å². The highest BCUT2D eigenvalue weighted by Crippen LogP contribution is 2.20. The van der Waals surface area contributed by atoms with E-state index in [1.54, 1.807) is 23.1 Å². The lowest BCUT2D eigenvalue weighted by Crippen LogP contribution is -2.37. The lowest BCUT2D eigenvalue weighted by atomic mass is 10.1. The number of nitrogen functional groups attached to an aromatic ring is 2. The SMILES string of the molecule is CC(=O)NC1CCN(C(=O)c2ccc(N)cc2N)C1. The van der Waals surface area contributed by atoms with Gasteiger partial charge in [-0.25, -0.2) is 0 Å². The number of benzene rings is 1. The second-order valence-electron chi connectivity index (χ2n) is 4.78. The molecule has 0 saturated carbocycles. The Labute approximate surface area is 111 Å². The van der Waals surface area contributed by atoms with Crippen LogP contribution in [0, 0.1) is 0 Å². The number of hydrogen-bond acceptors (Lipinski definition) is 4. The van der Waals surface area contributed by atoms with Crippen molar-refractivity contribution in [3.8, 4) is 0 Å². The van der Waals surface area contributed by atoms with Crippen LogP contribution in [0.4, 0.5) is 11.4 Å². The van der Waals surface area contributed by atoms with Crippen molar-refractivity contribution >= 4 is 23.2 Å². The Kier molecular flexibility index (Phi) is 3.59. The number of amides is 2. The van der Waals surface area contributed by atoms with Gasteiger partial charge in [0, 0.05) is 37.4 Å². The summed E-state index contributed by atoms with van der Waals surface area (Å²) in [6.45, 7) is 2.61. The molecule has 1 aliphatic heterocycles. The molecule has 1 saturated heterocycles. The standard InChI is InChI=1S/C13H18N4O2/c1-8(18)16-10-4-5-17(7-10)13(19)11-3-2-9(14)6-12(11)15/h2-3,6,10H,4-5,7,14-15H2,1H3,(H,16,18). The summed E-state index contributed by atoms with van der Waals surface area (Å²) in [6.07, 6.45) is 0.764. The summed E-state index contributed by atoms with van der Waals surface area (Å²) in [5, 5.41) is 2.82. The molecule has 1 fully saturated rings. The molecule has 2 amide bonds. The predicted molar refractivity (Wildman–Crippen MR) is 73.4 cm³/mol. The number of nitrogens with two attached hydrogens (primary N) is 2. The van der Waals surface area contributed by atoms with Gasteiger partial charge in [0.05, 0.1) is 5.56 Å². The highest BCUT2D eigenvalue weighted by atomic mass is 16.2. The highest BCUT2D eigenvalue weighted by Gasteiger charge is 2.28. The maximum Gasteiger partial charge on any atom is 0.256 e. The third kappa shape index (κ3) is 2.96. The van der Waals surface area contributed by atoms with Gasteiger partial charge in [0.25, 0.3) is 5.91 Å². The van der Waals surface area contributed by atoms with Crippen LogP contribution in [0.5, 0.6) is 0 Å². The Morgan fingerprint density at radius 2 is 2.11 bits per heavy atom. The van der Waals surface area contributed by atoms with Crippen LogP contribution in [0.15, 0.2) is 18.2 Å². The van der Waals surface area contributed by atoms with Gasteiger partial charge in [0.2, 0.25) is 5.91 Å². The zero-order valence-electron chi connectivity index (χ0n) is 10.8. The molecule has 1 atom stereocenters. The van der Waals surface area contributed by atoms with Gasteiger partial charge in [-0.05, 0) is 24.6 Å². The molecule has 1 heterocycles. The molecule has 0 aliphatic carbocycles. The monoisotopic (exact) mass is 262 g/mol. The summed E-state index contributed by atoms with van der Waals surface area (Å²) in [5.41, 5.74) is 12.8. The molecule has 1 aliphatic rings. The van der Waals surface area contributed by atoms with Crippen LogP contribution in [0.1, 0.15) is 23.7 Å². The van der Waals surface area contributed by atoms with E-state index < -0.39 is 0 Å². The van der Waals surface area contributed by atoms with Crippen LogP contribution in [0.25, 0.3) is 0 Å². The smallest absolute Gasteiger partial charge is 0.256 e. The average molecular weight is 262 g/mol. The minimum atomic E-state index is -0.120. The van der Waals surface area contributed by atoms with Crippen LogP contribution in [-0.4, -0.2) is 35.8 Å². The van der Waals surface area contributed by atoms with Crippen molar-refractivity contribution in [1.82, 2.24) is 10.2 Å². The zero-order chi connectivity index (χ0) is 14.0. The van der Waals surface area contributed by atoms with E-state index in [4.69, 9.17) is 11.5 Å². The molecule has 5 N–H and O–H groups in total. The summed E-state index contributed by atoms with van der Waals surface area (Å²) in [4.78, 5) is 25.0. The van der Waals surface area contributed by atoms with Crippen molar-refractivity contribution in [2.45, 2.75) is 19.4 Å². The number of likely N-dealkylation sites (tertiary alicyclic amines) is 1. The van der Waals surface area contributed by atoms with E-state index >= 15 is 0 Å². The first-order chi connectivity index (χ1) is 8.97. The van der Waals surface area contributed by atoms with Gasteiger partial charge in [-0.15, -0.1) is 0 Å². The first-order valence-electron chi connectivity index (χ1n) is 6.18. The van der Waals surface area contributed by atoms with Crippen LogP contribution >= 0.6 is 0 Å². The zero-order valence-corrected chi connectivity index (χ0v) is 10.8. The van der Waals surface area contributed by atoms with Gasteiger partial charge in [-0.1, -0.05) is 0 Å². The second kappa shape index (κ2) is 5.17. The van der Waals surface area contributed by atoms with Gasteiger partial charge in [-0.3, -0.25) is 9.59 Å². The topological polar surface area (TPSA) is 101 Å². The molecule has 6 heteroatoms. The number of nitrogens with zero attached hydrogens (tertiary/aromatic N) is 1.